The van der Waals surface area contributed by atoms with E-state index in [0.717, 1.165) is 11.1 Å². The van der Waals surface area contributed by atoms with Gasteiger partial charge in [0.25, 0.3) is 0 Å². The Kier molecular flexibility index (Phi) is 4.86. The molecule has 1 amide bonds. The van der Waals surface area contributed by atoms with Crippen molar-refractivity contribution in [3.8, 4) is 11.4 Å². The van der Waals surface area contributed by atoms with Gasteiger partial charge in [-0.25, -0.2) is 0 Å². The van der Waals surface area contributed by atoms with E-state index in [0.29, 0.717) is 10.8 Å². The Balaban J connectivity index is 1.61. The standard InChI is InChI=1S/C17H16ClN5O/c1-12(13-7-9-15(18)10-8-13)19-16(24)11-23-21-17(20-22-23)14-5-3-2-4-6-14/h2-10,12H,11H2,1H3,(H,19,24). The minimum Gasteiger partial charge on any atom is -0.348 e. The lowest BCUT2D eigenvalue weighted by Gasteiger charge is -2.14. The summed E-state index contributed by atoms with van der Waals surface area (Å²) in [4.78, 5) is 13.4. The van der Waals surface area contributed by atoms with Crippen LogP contribution in [0.5, 0.6) is 0 Å². The number of tetrazole rings is 1. The molecule has 1 heterocycles. The molecule has 1 unspecified atom stereocenters. The number of aromatic nitrogens is 4. The summed E-state index contributed by atoms with van der Waals surface area (Å²) in [5.74, 6) is 0.309. The Morgan fingerprint density at radius 1 is 1.17 bits per heavy atom. The maximum Gasteiger partial charge on any atom is 0.244 e. The van der Waals surface area contributed by atoms with E-state index in [1.807, 2.05) is 49.4 Å². The van der Waals surface area contributed by atoms with Gasteiger partial charge in [0.05, 0.1) is 6.04 Å². The number of halogens is 1. The Labute approximate surface area is 144 Å². The molecule has 0 fully saturated rings. The van der Waals surface area contributed by atoms with Crippen molar-refractivity contribution in [3.05, 3.63) is 65.2 Å². The number of nitrogens with zero attached hydrogens (tertiary/aromatic N) is 4. The lowest BCUT2D eigenvalue weighted by Crippen LogP contribution is -2.30. The van der Waals surface area contributed by atoms with E-state index in [2.05, 4.69) is 20.7 Å². The minimum atomic E-state index is -0.186. The van der Waals surface area contributed by atoms with Gasteiger partial charge >= 0.3 is 0 Å². The summed E-state index contributed by atoms with van der Waals surface area (Å²) in [7, 11) is 0. The molecule has 0 bridgehead atoms. The quantitative estimate of drug-likeness (QED) is 0.774. The third kappa shape index (κ3) is 3.97. The summed E-state index contributed by atoms with van der Waals surface area (Å²) in [6.07, 6.45) is 0. The third-order valence-corrected chi connectivity index (χ3v) is 3.77. The largest absolute Gasteiger partial charge is 0.348 e. The fourth-order valence-corrected chi connectivity index (χ4v) is 2.39. The highest BCUT2D eigenvalue weighted by Gasteiger charge is 2.12. The minimum absolute atomic E-state index is 0.0117. The van der Waals surface area contributed by atoms with Gasteiger partial charge in [-0.3, -0.25) is 4.79 Å². The van der Waals surface area contributed by atoms with Crippen molar-refractivity contribution in [2.24, 2.45) is 0 Å². The second-order valence-electron chi connectivity index (χ2n) is 5.35. The lowest BCUT2D eigenvalue weighted by molar-refractivity contribution is -0.122. The highest BCUT2D eigenvalue weighted by Crippen LogP contribution is 2.16. The first-order chi connectivity index (χ1) is 11.6. The molecule has 0 saturated carbocycles. The lowest BCUT2D eigenvalue weighted by atomic mass is 10.1. The molecule has 1 aromatic heterocycles. The molecule has 0 aliphatic carbocycles. The van der Waals surface area contributed by atoms with Crippen LogP contribution in [0.25, 0.3) is 11.4 Å². The van der Waals surface area contributed by atoms with Crippen LogP contribution in [0.1, 0.15) is 18.5 Å². The molecule has 1 atom stereocenters. The van der Waals surface area contributed by atoms with Gasteiger partial charge in [-0.05, 0) is 29.8 Å². The Morgan fingerprint density at radius 2 is 1.88 bits per heavy atom. The average Bonchev–Trinajstić information content (AvgIpc) is 3.04. The molecule has 2 aromatic carbocycles. The van der Waals surface area contributed by atoms with Crippen LogP contribution in [0.2, 0.25) is 5.02 Å². The smallest absolute Gasteiger partial charge is 0.244 e. The predicted octanol–water partition coefficient (Wildman–Crippen LogP) is 2.87. The van der Waals surface area contributed by atoms with Crippen LogP contribution in [0, 0.1) is 0 Å². The van der Waals surface area contributed by atoms with Crippen molar-refractivity contribution in [2.75, 3.05) is 0 Å². The average molecular weight is 342 g/mol. The number of carbonyl (C=O) groups excluding carboxylic acids is 1. The fourth-order valence-electron chi connectivity index (χ4n) is 2.26. The van der Waals surface area contributed by atoms with Gasteiger partial charge in [0.1, 0.15) is 6.54 Å². The van der Waals surface area contributed by atoms with E-state index in [-0.39, 0.29) is 18.5 Å². The molecular formula is C17H16ClN5O. The highest BCUT2D eigenvalue weighted by atomic mass is 35.5. The topological polar surface area (TPSA) is 72.7 Å². The maximum atomic E-state index is 12.1. The monoisotopic (exact) mass is 341 g/mol. The number of hydrogen-bond donors (Lipinski definition) is 1. The summed E-state index contributed by atoms with van der Waals surface area (Å²) in [5, 5.41) is 15.7. The van der Waals surface area contributed by atoms with Crippen LogP contribution in [-0.4, -0.2) is 26.1 Å². The molecule has 3 rings (SSSR count). The molecule has 0 saturated heterocycles. The highest BCUT2D eigenvalue weighted by molar-refractivity contribution is 6.30. The first-order valence-corrected chi connectivity index (χ1v) is 7.87. The van der Waals surface area contributed by atoms with Gasteiger partial charge in [-0.2, -0.15) is 4.80 Å². The van der Waals surface area contributed by atoms with Crippen molar-refractivity contribution in [2.45, 2.75) is 19.5 Å². The van der Waals surface area contributed by atoms with Gasteiger partial charge in [-0.1, -0.05) is 54.1 Å². The number of hydrogen-bond acceptors (Lipinski definition) is 4. The van der Waals surface area contributed by atoms with E-state index >= 15 is 0 Å². The molecule has 0 radical (unpaired) electrons. The van der Waals surface area contributed by atoms with Gasteiger partial charge in [0, 0.05) is 10.6 Å². The molecule has 3 aromatic rings. The number of amides is 1. The van der Waals surface area contributed by atoms with E-state index in [4.69, 9.17) is 11.6 Å². The summed E-state index contributed by atoms with van der Waals surface area (Å²) in [6.45, 7) is 1.92. The number of benzene rings is 2. The predicted molar refractivity (Wildman–Crippen MR) is 91.3 cm³/mol. The van der Waals surface area contributed by atoms with E-state index in [1.54, 1.807) is 12.1 Å². The molecule has 0 aliphatic heterocycles. The fraction of sp³-hybridized carbons (Fsp3) is 0.176. The first kappa shape index (κ1) is 16.1. The van der Waals surface area contributed by atoms with Crippen molar-refractivity contribution in [1.29, 1.82) is 0 Å². The van der Waals surface area contributed by atoms with Crippen LogP contribution in [0.4, 0.5) is 0 Å². The molecular weight excluding hydrogens is 326 g/mol. The van der Waals surface area contributed by atoms with Crippen LogP contribution in [0.3, 0.4) is 0 Å². The van der Waals surface area contributed by atoms with E-state index in [1.165, 1.54) is 4.80 Å². The zero-order valence-corrected chi connectivity index (χ0v) is 13.8. The Hall–Kier alpha value is -2.73. The molecule has 122 valence electrons. The molecule has 7 heteroatoms. The van der Waals surface area contributed by atoms with Crippen molar-refractivity contribution in [1.82, 2.24) is 25.5 Å². The number of rotatable bonds is 5. The number of carbonyl (C=O) groups is 1. The van der Waals surface area contributed by atoms with Crippen LogP contribution < -0.4 is 5.32 Å². The SMILES string of the molecule is CC(NC(=O)Cn1nnc(-c2ccccc2)n1)c1ccc(Cl)cc1. The summed E-state index contributed by atoms with van der Waals surface area (Å²) in [5.41, 5.74) is 1.84. The number of nitrogens with one attached hydrogen (secondary N) is 1. The van der Waals surface area contributed by atoms with E-state index < -0.39 is 0 Å². The molecule has 0 spiro atoms. The van der Waals surface area contributed by atoms with Crippen molar-refractivity contribution >= 4 is 17.5 Å². The van der Waals surface area contributed by atoms with Gasteiger partial charge in [0.15, 0.2) is 0 Å². The Bertz CT molecular complexity index is 817. The molecule has 24 heavy (non-hydrogen) atoms. The maximum absolute atomic E-state index is 12.1. The van der Waals surface area contributed by atoms with Gasteiger partial charge < -0.3 is 5.32 Å². The van der Waals surface area contributed by atoms with Crippen LogP contribution in [0.15, 0.2) is 54.6 Å². The van der Waals surface area contributed by atoms with Gasteiger partial charge in [-0.15, -0.1) is 10.2 Å². The van der Waals surface area contributed by atoms with E-state index in [9.17, 15) is 4.79 Å². The normalized spacial score (nSPS) is 11.9. The van der Waals surface area contributed by atoms with Gasteiger partial charge in [0.2, 0.25) is 11.7 Å². The molecule has 0 aliphatic rings. The van der Waals surface area contributed by atoms with Crippen LogP contribution in [-0.2, 0) is 11.3 Å². The Morgan fingerprint density at radius 3 is 2.58 bits per heavy atom. The van der Waals surface area contributed by atoms with Crippen molar-refractivity contribution in [3.63, 3.8) is 0 Å². The summed E-state index contributed by atoms with van der Waals surface area (Å²) >= 11 is 5.87. The second-order valence-corrected chi connectivity index (χ2v) is 5.79. The molecule has 1 N–H and O–H groups in total. The zero-order chi connectivity index (χ0) is 16.9. The first-order valence-electron chi connectivity index (χ1n) is 7.50. The molecule has 6 nitrogen and oxygen atoms in total. The summed E-state index contributed by atoms with van der Waals surface area (Å²) < 4.78 is 0. The zero-order valence-electron chi connectivity index (χ0n) is 13.1. The third-order valence-electron chi connectivity index (χ3n) is 3.52. The van der Waals surface area contributed by atoms with Crippen LogP contribution >= 0.6 is 11.6 Å². The summed E-state index contributed by atoms with van der Waals surface area (Å²) in [6, 6.07) is 16.7. The van der Waals surface area contributed by atoms with Crippen molar-refractivity contribution < 1.29 is 4.79 Å². The second kappa shape index (κ2) is 7.23.